The zero-order chi connectivity index (χ0) is 14.3. The first-order chi connectivity index (χ1) is 9.61. The van der Waals surface area contributed by atoms with Crippen LogP contribution in [0, 0.1) is 0 Å². The maximum atomic E-state index is 10.2. The maximum Gasteiger partial charge on any atom is 0.162 e. The van der Waals surface area contributed by atoms with Gasteiger partial charge in [0, 0.05) is 13.1 Å². The molecule has 2 saturated heterocycles. The average molecular weight is 300 g/mol. The largest absolute Gasteiger partial charge is 0.388 e. The molecular formula is C13H20N2O4S. The van der Waals surface area contributed by atoms with Gasteiger partial charge in [-0.3, -0.25) is 4.99 Å². The number of aliphatic hydroxyl groups excluding tert-OH is 3. The minimum atomic E-state index is -1.16. The number of fused-ring (bicyclic) bond motifs is 1. The Balaban J connectivity index is 1.74. The number of hydrogen-bond acceptors (Lipinski definition) is 7. The summed E-state index contributed by atoms with van der Waals surface area (Å²) in [5, 5.41) is 30.9. The van der Waals surface area contributed by atoms with Crippen LogP contribution < -0.4 is 0 Å². The molecule has 1 unspecified atom stereocenters. The van der Waals surface area contributed by atoms with Crippen molar-refractivity contribution in [3.8, 4) is 0 Å². The number of aliphatic hydroxyl groups is 3. The molecule has 0 amide bonds. The van der Waals surface area contributed by atoms with Crippen molar-refractivity contribution >= 4 is 16.9 Å². The first-order valence-electron chi connectivity index (χ1n) is 6.93. The van der Waals surface area contributed by atoms with Gasteiger partial charge in [-0.25, -0.2) is 0 Å². The Hall–Kier alpha value is -0.600. The molecule has 0 aromatic carbocycles. The standard InChI is InChI=1S/C13H20N2O4S/c1-2-7(16)11-10(18)9(17)8-12(19-11)20-13(14-8)15-5-3-4-6-15/h2,7-12,16-18H,1,3-6H2/t7?,8-,9-,10+,11-,12-/m1/s1. The zero-order valence-corrected chi connectivity index (χ0v) is 11.9. The lowest BCUT2D eigenvalue weighted by Crippen LogP contribution is -2.57. The van der Waals surface area contributed by atoms with Crippen molar-refractivity contribution in [1.29, 1.82) is 0 Å². The van der Waals surface area contributed by atoms with E-state index in [0.717, 1.165) is 31.1 Å². The summed E-state index contributed by atoms with van der Waals surface area (Å²) in [4.78, 5) is 6.69. The second-order valence-electron chi connectivity index (χ2n) is 5.39. The molecular weight excluding hydrogens is 280 g/mol. The highest BCUT2D eigenvalue weighted by molar-refractivity contribution is 8.14. The monoisotopic (exact) mass is 300 g/mol. The van der Waals surface area contributed by atoms with E-state index in [9.17, 15) is 15.3 Å². The Bertz CT molecular complexity index is 413. The van der Waals surface area contributed by atoms with Crippen molar-refractivity contribution in [2.75, 3.05) is 13.1 Å². The smallest absolute Gasteiger partial charge is 0.162 e. The van der Waals surface area contributed by atoms with Gasteiger partial charge in [-0.15, -0.1) is 6.58 Å². The van der Waals surface area contributed by atoms with Gasteiger partial charge in [-0.2, -0.15) is 0 Å². The van der Waals surface area contributed by atoms with Crippen LogP contribution in [0.4, 0.5) is 0 Å². The first-order valence-corrected chi connectivity index (χ1v) is 7.81. The minimum absolute atomic E-state index is 0.358. The summed E-state index contributed by atoms with van der Waals surface area (Å²) < 4.78 is 5.73. The Kier molecular flexibility index (Phi) is 4.05. The molecule has 20 heavy (non-hydrogen) atoms. The summed E-state index contributed by atoms with van der Waals surface area (Å²) in [6, 6.07) is -0.473. The third-order valence-electron chi connectivity index (χ3n) is 4.04. The van der Waals surface area contributed by atoms with Crippen LogP contribution in [0.2, 0.25) is 0 Å². The van der Waals surface area contributed by atoms with E-state index in [1.165, 1.54) is 17.8 Å². The van der Waals surface area contributed by atoms with Gasteiger partial charge in [0.05, 0.1) is 0 Å². The van der Waals surface area contributed by atoms with Crippen molar-refractivity contribution in [2.45, 2.75) is 48.7 Å². The number of rotatable bonds is 2. The molecule has 0 spiro atoms. The second-order valence-corrected chi connectivity index (χ2v) is 6.46. The predicted molar refractivity (Wildman–Crippen MR) is 76.5 cm³/mol. The normalized spacial score (nSPS) is 42.2. The molecule has 0 aromatic rings. The van der Waals surface area contributed by atoms with Crippen LogP contribution in [0.25, 0.3) is 0 Å². The van der Waals surface area contributed by atoms with E-state index < -0.39 is 30.5 Å². The van der Waals surface area contributed by atoms with Crippen molar-refractivity contribution in [3.05, 3.63) is 12.7 Å². The van der Waals surface area contributed by atoms with Crippen LogP contribution in [-0.4, -0.2) is 74.4 Å². The number of aliphatic imine (C=N–C) groups is 1. The third kappa shape index (κ3) is 2.37. The summed E-state index contributed by atoms with van der Waals surface area (Å²) in [6.45, 7) is 5.44. The summed E-state index contributed by atoms with van der Waals surface area (Å²) in [5.41, 5.74) is -0.358. The average Bonchev–Trinajstić information content (AvgIpc) is 3.10. The number of likely N-dealkylation sites (tertiary alicyclic amines) is 1. The van der Waals surface area contributed by atoms with E-state index in [-0.39, 0.29) is 5.44 Å². The van der Waals surface area contributed by atoms with Gasteiger partial charge in [-0.1, -0.05) is 17.8 Å². The van der Waals surface area contributed by atoms with Crippen LogP contribution in [0.1, 0.15) is 12.8 Å². The van der Waals surface area contributed by atoms with Crippen molar-refractivity contribution < 1.29 is 20.1 Å². The third-order valence-corrected chi connectivity index (χ3v) is 5.24. The van der Waals surface area contributed by atoms with Gasteiger partial charge >= 0.3 is 0 Å². The molecule has 0 saturated carbocycles. The minimum Gasteiger partial charge on any atom is -0.388 e. The number of hydrogen-bond donors (Lipinski definition) is 3. The van der Waals surface area contributed by atoms with E-state index in [4.69, 9.17) is 4.74 Å². The van der Waals surface area contributed by atoms with Gasteiger partial charge in [0.25, 0.3) is 0 Å². The topological polar surface area (TPSA) is 85.5 Å². The maximum absolute atomic E-state index is 10.2. The number of amidine groups is 1. The molecule has 3 rings (SSSR count). The Labute approximate surface area is 122 Å². The second kappa shape index (κ2) is 5.65. The molecule has 112 valence electrons. The lowest BCUT2D eigenvalue weighted by atomic mass is 9.95. The van der Waals surface area contributed by atoms with Crippen LogP contribution in [0.3, 0.4) is 0 Å². The fourth-order valence-corrected chi connectivity index (χ4v) is 4.12. The number of thioether (sulfide) groups is 1. The molecule has 0 radical (unpaired) electrons. The van der Waals surface area contributed by atoms with Gasteiger partial charge in [0.2, 0.25) is 0 Å². The molecule has 3 N–H and O–H groups in total. The van der Waals surface area contributed by atoms with Crippen LogP contribution in [-0.2, 0) is 4.74 Å². The van der Waals surface area contributed by atoms with Gasteiger partial charge < -0.3 is 25.0 Å². The summed E-state index contributed by atoms with van der Waals surface area (Å²) in [7, 11) is 0. The number of ether oxygens (including phenoxy) is 1. The molecule has 3 aliphatic rings. The zero-order valence-electron chi connectivity index (χ0n) is 11.1. The number of nitrogens with zero attached hydrogens (tertiary/aromatic N) is 2. The summed E-state index contributed by atoms with van der Waals surface area (Å²) in [5.74, 6) is 0. The van der Waals surface area contributed by atoms with Crippen molar-refractivity contribution in [3.63, 3.8) is 0 Å². The van der Waals surface area contributed by atoms with E-state index >= 15 is 0 Å². The molecule has 6 atom stereocenters. The van der Waals surface area contributed by atoms with Gasteiger partial charge in [-0.05, 0) is 12.8 Å². The molecule has 2 fully saturated rings. The Morgan fingerprint density at radius 1 is 1.35 bits per heavy atom. The summed E-state index contributed by atoms with van der Waals surface area (Å²) >= 11 is 1.47. The van der Waals surface area contributed by atoms with Crippen LogP contribution in [0.5, 0.6) is 0 Å². The van der Waals surface area contributed by atoms with Gasteiger partial charge in [0.15, 0.2) is 5.17 Å². The SMILES string of the molecule is C=CC(O)[C@H]1O[C@@H]2SC(N3CCCC3)=N[C@@H]2[C@@H](O)[C@@H]1O. The fraction of sp³-hybridized carbons (Fsp3) is 0.769. The quantitative estimate of drug-likeness (QED) is 0.599. The molecule has 3 heterocycles. The molecule has 6 nitrogen and oxygen atoms in total. The van der Waals surface area contributed by atoms with Gasteiger partial charge in [0.1, 0.15) is 35.9 Å². The van der Waals surface area contributed by atoms with E-state index in [2.05, 4.69) is 16.5 Å². The molecule has 0 aromatic heterocycles. The fourth-order valence-electron chi connectivity index (χ4n) is 2.85. The molecule has 0 bridgehead atoms. The molecule has 0 aliphatic carbocycles. The molecule has 7 heteroatoms. The van der Waals surface area contributed by atoms with E-state index in [1.807, 2.05) is 0 Å². The van der Waals surface area contributed by atoms with Crippen molar-refractivity contribution in [1.82, 2.24) is 4.90 Å². The Morgan fingerprint density at radius 2 is 2.05 bits per heavy atom. The molecule has 3 aliphatic heterocycles. The first kappa shape index (κ1) is 14.3. The van der Waals surface area contributed by atoms with Crippen LogP contribution >= 0.6 is 11.8 Å². The van der Waals surface area contributed by atoms with Crippen LogP contribution in [0.15, 0.2) is 17.6 Å². The van der Waals surface area contributed by atoms with Crippen molar-refractivity contribution in [2.24, 2.45) is 4.99 Å². The highest BCUT2D eigenvalue weighted by Crippen LogP contribution is 2.38. The lowest BCUT2D eigenvalue weighted by molar-refractivity contribution is -0.176. The lowest BCUT2D eigenvalue weighted by Gasteiger charge is -2.39. The Morgan fingerprint density at radius 3 is 2.70 bits per heavy atom. The highest BCUT2D eigenvalue weighted by atomic mass is 32.2. The van der Waals surface area contributed by atoms with E-state index in [0.29, 0.717) is 0 Å². The predicted octanol–water partition coefficient (Wildman–Crippen LogP) is -0.453. The highest BCUT2D eigenvalue weighted by Gasteiger charge is 2.50. The summed E-state index contributed by atoms with van der Waals surface area (Å²) in [6.07, 6.45) is -0.436. The van der Waals surface area contributed by atoms with E-state index in [1.54, 1.807) is 0 Å².